The van der Waals surface area contributed by atoms with Crippen LogP contribution < -0.4 is 0 Å². The monoisotopic (exact) mass is 308 g/mol. The predicted molar refractivity (Wildman–Crippen MR) is 91.0 cm³/mol. The van der Waals surface area contributed by atoms with Crippen molar-refractivity contribution in [3.63, 3.8) is 0 Å². The van der Waals surface area contributed by atoms with Gasteiger partial charge in [0.25, 0.3) is 0 Å². The number of hydrogen-bond acceptors (Lipinski definition) is 3. The highest BCUT2D eigenvalue weighted by Crippen LogP contribution is 2.11. The summed E-state index contributed by atoms with van der Waals surface area (Å²) in [5.74, 6) is 0. The summed E-state index contributed by atoms with van der Waals surface area (Å²) in [7, 11) is 0. The maximum absolute atomic E-state index is 10.9. The Labute approximate surface area is 134 Å². The lowest BCUT2D eigenvalue weighted by molar-refractivity contribution is -0.428. The minimum Gasteiger partial charge on any atom is -0.291 e. The Morgan fingerprint density at radius 1 is 1.05 bits per heavy atom. The lowest BCUT2D eigenvalue weighted by Crippen LogP contribution is -1.98. The number of rotatable bonds is 15. The second kappa shape index (κ2) is 15.9. The van der Waals surface area contributed by atoms with E-state index in [1.54, 1.807) is 6.08 Å². The highest BCUT2D eigenvalue weighted by atomic mass is 16.6. The zero-order chi connectivity index (χ0) is 16.5. The van der Waals surface area contributed by atoms with Gasteiger partial charge in [0, 0.05) is 12.8 Å². The molecule has 4 nitrogen and oxygen atoms in total. The first-order chi connectivity index (χ1) is 10.7. The van der Waals surface area contributed by atoms with Gasteiger partial charge in [0.05, 0.1) is 4.92 Å². The van der Waals surface area contributed by atoms with Crippen LogP contribution in [0, 0.1) is 10.1 Å². The quantitative estimate of drug-likeness (QED) is 0.173. The third-order valence-electron chi connectivity index (χ3n) is 3.58. The van der Waals surface area contributed by atoms with Crippen molar-refractivity contribution in [3.05, 3.63) is 34.0 Å². The van der Waals surface area contributed by atoms with Crippen LogP contribution >= 0.6 is 0 Å². The van der Waals surface area contributed by atoms with Gasteiger partial charge in [-0.05, 0) is 38.2 Å². The lowest BCUT2D eigenvalue weighted by atomic mass is 10.1. The van der Waals surface area contributed by atoms with Crippen molar-refractivity contribution in [3.8, 4) is 0 Å². The molecule has 0 spiro atoms. The summed E-state index contributed by atoms with van der Waals surface area (Å²) in [6.07, 6.45) is 19.2. The topological polar surface area (TPSA) is 60.2 Å². The van der Waals surface area contributed by atoms with Crippen LogP contribution in [0.3, 0.4) is 0 Å². The van der Waals surface area contributed by atoms with Crippen LogP contribution in [0.2, 0.25) is 0 Å². The normalized spacial score (nSPS) is 12.0. The van der Waals surface area contributed by atoms with Crippen LogP contribution in [-0.4, -0.2) is 11.2 Å². The van der Waals surface area contributed by atoms with Gasteiger partial charge >= 0.3 is 0 Å². The zero-order valence-electron chi connectivity index (χ0n) is 13.9. The average Bonchev–Trinajstić information content (AvgIpc) is 2.50. The van der Waals surface area contributed by atoms with E-state index in [9.17, 15) is 14.9 Å². The molecule has 0 unspecified atom stereocenters. The van der Waals surface area contributed by atoms with Gasteiger partial charge in [-0.25, -0.2) is 0 Å². The van der Waals surface area contributed by atoms with Gasteiger partial charge in [-0.3, -0.25) is 14.9 Å². The Kier molecular flexibility index (Phi) is 14.9. The van der Waals surface area contributed by atoms with Gasteiger partial charge < -0.3 is 0 Å². The molecular weight excluding hydrogens is 278 g/mol. The molecule has 0 aliphatic rings. The van der Waals surface area contributed by atoms with E-state index in [-0.39, 0.29) is 4.92 Å². The maximum Gasteiger partial charge on any atom is 0.242 e. The summed E-state index contributed by atoms with van der Waals surface area (Å²) in [5.41, 5.74) is 0.352. The highest BCUT2D eigenvalue weighted by molar-refractivity contribution is 5.50. The second-order valence-electron chi connectivity index (χ2n) is 5.57. The van der Waals surface area contributed by atoms with Crippen molar-refractivity contribution in [1.82, 2.24) is 0 Å². The van der Waals surface area contributed by atoms with Crippen molar-refractivity contribution in [2.75, 3.05) is 0 Å². The largest absolute Gasteiger partial charge is 0.291 e. The lowest BCUT2D eigenvalue weighted by Gasteiger charge is -1.98. The van der Waals surface area contributed by atoms with Gasteiger partial charge in [0.1, 0.15) is 0 Å². The van der Waals surface area contributed by atoms with Crippen LogP contribution in [0.5, 0.6) is 0 Å². The summed E-state index contributed by atoms with van der Waals surface area (Å²) < 4.78 is 0. The molecule has 4 heteroatoms. The van der Waals surface area contributed by atoms with Crippen LogP contribution in [-0.2, 0) is 4.79 Å². The molecule has 0 saturated carbocycles. The molecule has 0 aromatic carbocycles. The van der Waals surface area contributed by atoms with E-state index in [2.05, 4.69) is 13.0 Å². The second-order valence-corrected chi connectivity index (χ2v) is 5.57. The first-order valence-corrected chi connectivity index (χ1v) is 8.55. The summed E-state index contributed by atoms with van der Waals surface area (Å²) in [5, 5.41) is 10.9. The molecule has 0 N–H and O–H groups in total. The van der Waals surface area contributed by atoms with Gasteiger partial charge in [0.15, 0.2) is 6.29 Å². The third kappa shape index (κ3) is 13.5. The van der Waals surface area contributed by atoms with E-state index in [4.69, 9.17) is 0 Å². The average molecular weight is 308 g/mol. The molecule has 0 saturated heterocycles. The first kappa shape index (κ1) is 20.6. The van der Waals surface area contributed by atoms with E-state index >= 15 is 0 Å². The molecule has 0 bridgehead atoms. The van der Waals surface area contributed by atoms with Gasteiger partial charge in [-0.15, -0.1) is 0 Å². The van der Waals surface area contributed by atoms with Crippen molar-refractivity contribution in [2.45, 2.75) is 84.0 Å². The number of hydrogen-bond donors (Lipinski definition) is 0. The predicted octanol–water partition coefficient (Wildman–Crippen LogP) is 5.51. The Bertz CT molecular complexity index is 348. The van der Waals surface area contributed by atoms with Crippen molar-refractivity contribution < 1.29 is 9.72 Å². The Balaban J connectivity index is 3.69. The number of unbranched alkanes of at least 4 members (excludes halogenated alkanes) is 8. The molecule has 0 rings (SSSR count). The van der Waals surface area contributed by atoms with E-state index in [1.165, 1.54) is 12.8 Å². The standard InChI is InChI=1S/C18H30NO3/c1-2-3-12-15-18(19(21)22)16-13-10-8-6-4-5-7-9-11-14-17-20/h8,10,16H,2-7,9,11-15H2,1H3/b10-8+,18-16+. The number of nitro groups is 1. The smallest absolute Gasteiger partial charge is 0.242 e. The third-order valence-corrected chi connectivity index (χ3v) is 3.58. The van der Waals surface area contributed by atoms with Gasteiger partial charge in [0.2, 0.25) is 5.70 Å². The summed E-state index contributed by atoms with van der Waals surface area (Å²) in [6.45, 7) is 2.10. The SMILES string of the molecule is CCCCC/C(=C\C/C=C/CCCCCCC[C]=O)[N+](=O)[O-]. The fraction of sp³-hybridized carbons (Fsp3) is 0.722. The summed E-state index contributed by atoms with van der Waals surface area (Å²) >= 11 is 0. The molecule has 0 fully saturated rings. The van der Waals surface area contributed by atoms with Crippen molar-refractivity contribution in [2.24, 2.45) is 0 Å². The molecule has 0 aromatic heterocycles. The fourth-order valence-electron chi connectivity index (χ4n) is 2.23. The van der Waals surface area contributed by atoms with Gasteiger partial charge in [-0.1, -0.05) is 51.2 Å². The minimum atomic E-state index is -0.250. The van der Waals surface area contributed by atoms with Crippen molar-refractivity contribution >= 4 is 6.29 Å². The Morgan fingerprint density at radius 2 is 1.77 bits per heavy atom. The number of nitrogens with zero attached hydrogens (tertiary/aromatic N) is 1. The van der Waals surface area contributed by atoms with E-state index in [1.807, 2.05) is 12.4 Å². The molecular formula is C18H30NO3. The van der Waals surface area contributed by atoms with E-state index in [0.717, 1.165) is 44.9 Å². The maximum atomic E-state index is 10.9. The molecule has 22 heavy (non-hydrogen) atoms. The van der Waals surface area contributed by atoms with Crippen LogP contribution in [0.15, 0.2) is 23.9 Å². The van der Waals surface area contributed by atoms with E-state index < -0.39 is 0 Å². The fourth-order valence-corrected chi connectivity index (χ4v) is 2.23. The zero-order valence-corrected chi connectivity index (χ0v) is 13.9. The first-order valence-electron chi connectivity index (χ1n) is 8.55. The number of carbonyl (C=O) groups excluding carboxylic acids is 1. The summed E-state index contributed by atoms with van der Waals surface area (Å²) in [4.78, 5) is 20.7. The molecule has 0 aromatic rings. The Morgan fingerprint density at radius 3 is 2.45 bits per heavy atom. The Hall–Kier alpha value is -1.45. The number of allylic oxidation sites excluding steroid dienone is 4. The minimum absolute atomic E-state index is 0.250. The highest BCUT2D eigenvalue weighted by Gasteiger charge is 2.08. The molecule has 125 valence electrons. The van der Waals surface area contributed by atoms with Crippen LogP contribution in [0.1, 0.15) is 84.0 Å². The van der Waals surface area contributed by atoms with E-state index in [0.29, 0.717) is 25.0 Å². The molecule has 0 heterocycles. The van der Waals surface area contributed by atoms with Crippen LogP contribution in [0.25, 0.3) is 0 Å². The van der Waals surface area contributed by atoms with Crippen molar-refractivity contribution in [1.29, 1.82) is 0 Å². The molecule has 0 amide bonds. The summed E-state index contributed by atoms with van der Waals surface area (Å²) in [6, 6.07) is 0. The van der Waals surface area contributed by atoms with Crippen LogP contribution in [0.4, 0.5) is 0 Å². The molecule has 0 atom stereocenters. The molecule has 1 radical (unpaired) electrons. The molecule has 0 aliphatic carbocycles. The van der Waals surface area contributed by atoms with Gasteiger partial charge in [-0.2, -0.15) is 0 Å². The molecule has 0 aliphatic heterocycles.